The number of hydrogen-bond acceptors (Lipinski definition) is 6. The monoisotopic (exact) mass is 452 g/mol. The van der Waals surface area contributed by atoms with Crippen LogP contribution in [0.25, 0.3) is 27.9 Å². The summed E-state index contributed by atoms with van der Waals surface area (Å²) in [6.45, 7) is 4.75. The molecule has 8 nitrogen and oxygen atoms in total. The van der Waals surface area contributed by atoms with Gasteiger partial charge in [-0.25, -0.2) is 9.38 Å². The Morgan fingerprint density at radius 1 is 0.912 bits per heavy atom. The fourth-order valence-electron chi connectivity index (χ4n) is 4.65. The van der Waals surface area contributed by atoms with Gasteiger partial charge in [0.2, 0.25) is 5.95 Å². The molecule has 1 saturated heterocycles. The van der Waals surface area contributed by atoms with E-state index < -0.39 is 0 Å². The number of rotatable bonds is 3. The Morgan fingerprint density at radius 2 is 1.76 bits per heavy atom. The maximum Gasteiger partial charge on any atom is 0.289 e. The highest BCUT2D eigenvalue weighted by Gasteiger charge is 2.26. The van der Waals surface area contributed by atoms with E-state index in [1.54, 1.807) is 12.1 Å². The highest BCUT2D eigenvalue weighted by Crippen LogP contribution is 2.30. The molecule has 0 atom stereocenters. The van der Waals surface area contributed by atoms with Crippen LogP contribution in [0.15, 0.2) is 71.3 Å². The number of benzene rings is 2. The normalized spacial score (nSPS) is 14.6. The molecule has 8 heteroatoms. The van der Waals surface area contributed by atoms with Crippen molar-refractivity contribution in [2.24, 2.45) is 0 Å². The molecule has 0 unspecified atom stereocenters. The summed E-state index contributed by atoms with van der Waals surface area (Å²) in [6, 6.07) is 19.7. The Labute approximate surface area is 196 Å². The van der Waals surface area contributed by atoms with Gasteiger partial charge in [0.15, 0.2) is 17.2 Å². The van der Waals surface area contributed by atoms with E-state index in [4.69, 9.17) is 9.40 Å². The molecule has 0 bridgehead atoms. The van der Waals surface area contributed by atoms with Crippen LogP contribution in [0.3, 0.4) is 0 Å². The van der Waals surface area contributed by atoms with Gasteiger partial charge in [0.1, 0.15) is 0 Å². The predicted molar refractivity (Wildman–Crippen MR) is 130 cm³/mol. The summed E-state index contributed by atoms with van der Waals surface area (Å²) in [4.78, 5) is 22.0. The van der Waals surface area contributed by atoms with Crippen molar-refractivity contribution in [2.75, 3.05) is 31.1 Å². The van der Waals surface area contributed by atoms with Gasteiger partial charge in [-0.15, -0.1) is 10.2 Å². The number of carbonyl (C=O) groups excluding carboxylic acids is 1. The quantitative estimate of drug-likeness (QED) is 0.408. The SMILES string of the molecule is Cc1ccccc1-c1nnc2c3ccccc3nc(N3CCCN(C(=O)c4ccco4)CC3)n12. The summed E-state index contributed by atoms with van der Waals surface area (Å²) in [5.41, 5.74) is 3.81. The lowest BCUT2D eigenvalue weighted by molar-refractivity contribution is 0.0735. The molecule has 5 aromatic rings. The molecule has 3 aromatic heterocycles. The van der Waals surface area contributed by atoms with Gasteiger partial charge in [-0.3, -0.25) is 4.79 Å². The van der Waals surface area contributed by atoms with Crippen LogP contribution in [0, 0.1) is 6.92 Å². The van der Waals surface area contributed by atoms with Gasteiger partial charge in [0.05, 0.1) is 11.8 Å². The second kappa shape index (κ2) is 8.30. The molecule has 1 fully saturated rings. The molecule has 2 aromatic carbocycles. The van der Waals surface area contributed by atoms with Gasteiger partial charge < -0.3 is 14.2 Å². The van der Waals surface area contributed by atoms with Crippen molar-refractivity contribution in [3.63, 3.8) is 0 Å². The fourth-order valence-corrected chi connectivity index (χ4v) is 4.65. The van der Waals surface area contributed by atoms with Crippen LogP contribution in [0.1, 0.15) is 22.5 Å². The number of nitrogens with zero attached hydrogens (tertiary/aromatic N) is 6. The number of carbonyl (C=O) groups is 1. The Balaban J connectivity index is 1.45. The fraction of sp³-hybridized carbons (Fsp3) is 0.231. The van der Waals surface area contributed by atoms with Crippen LogP contribution in [-0.2, 0) is 0 Å². The minimum Gasteiger partial charge on any atom is -0.459 e. The molecule has 1 amide bonds. The van der Waals surface area contributed by atoms with Crippen molar-refractivity contribution >= 4 is 28.4 Å². The molecule has 4 heterocycles. The van der Waals surface area contributed by atoms with Crippen LogP contribution in [0.2, 0.25) is 0 Å². The van der Waals surface area contributed by atoms with E-state index in [9.17, 15) is 4.79 Å². The van der Waals surface area contributed by atoms with Crippen LogP contribution in [-0.4, -0.2) is 56.6 Å². The highest BCUT2D eigenvalue weighted by atomic mass is 16.3. The molecule has 170 valence electrons. The van der Waals surface area contributed by atoms with E-state index in [0.717, 1.165) is 52.4 Å². The molecule has 34 heavy (non-hydrogen) atoms. The molecule has 1 aliphatic rings. The summed E-state index contributed by atoms with van der Waals surface area (Å²) < 4.78 is 7.40. The van der Waals surface area contributed by atoms with E-state index in [-0.39, 0.29) is 5.91 Å². The number of furan rings is 1. The van der Waals surface area contributed by atoms with E-state index in [2.05, 4.69) is 38.6 Å². The minimum absolute atomic E-state index is 0.0756. The van der Waals surface area contributed by atoms with Crippen LogP contribution in [0.5, 0.6) is 0 Å². The van der Waals surface area contributed by atoms with E-state index in [1.807, 2.05) is 41.3 Å². The van der Waals surface area contributed by atoms with Gasteiger partial charge in [-0.05, 0) is 43.2 Å². The first-order valence-corrected chi connectivity index (χ1v) is 11.5. The summed E-state index contributed by atoms with van der Waals surface area (Å²) >= 11 is 0. The van der Waals surface area contributed by atoms with Crippen molar-refractivity contribution in [3.8, 4) is 11.4 Å². The van der Waals surface area contributed by atoms with E-state index in [1.165, 1.54) is 6.26 Å². The zero-order valence-corrected chi connectivity index (χ0v) is 18.9. The van der Waals surface area contributed by atoms with Crippen molar-refractivity contribution in [1.82, 2.24) is 24.5 Å². The van der Waals surface area contributed by atoms with Crippen molar-refractivity contribution < 1.29 is 9.21 Å². The van der Waals surface area contributed by atoms with Crippen molar-refractivity contribution in [3.05, 3.63) is 78.3 Å². The molecule has 1 aliphatic heterocycles. The maximum atomic E-state index is 12.9. The third-order valence-corrected chi connectivity index (χ3v) is 6.41. The number of fused-ring (bicyclic) bond motifs is 3. The molecule has 0 N–H and O–H groups in total. The molecular weight excluding hydrogens is 428 g/mol. The largest absolute Gasteiger partial charge is 0.459 e. The Morgan fingerprint density at radius 3 is 2.62 bits per heavy atom. The van der Waals surface area contributed by atoms with Crippen molar-refractivity contribution in [2.45, 2.75) is 13.3 Å². The first kappa shape index (κ1) is 20.4. The smallest absolute Gasteiger partial charge is 0.289 e. The zero-order chi connectivity index (χ0) is 23.1. The number of para-hydroxylation sites is 1. The Kier molecular flexibility index (Phi) is 4.98. The van der Waals surface area contributed by atoms with Crippen molar-refractivity contribution in [1.29, 1.82) is 0 Å². The molecule has 0 aliphatic carbocycles. The topological polar surface area (TPSA) is 79.8 Å². The first-order chi connectivity index (χ1) is 16.7. The zero-order valence-electron chi connectivity index (χ0n) is 18.9. The first-order valence-electron chi connectivity index (χ1n) is 11.5. The second-order valence-corrected chi connectivity index (χ2v) is 8.54. The number of aromatic nitrogens is 4. The maximum absolute atomic E-state index is 12.9. The summed E-state index contributed by atoms with van der Waals surface area (Å²) in [6.07, 6.45) is 2.36. The van der Waals surface area contributed by atoms with E-state index in [0.29, 0.717) is 25.4 Å². The lowest BCUT2D eigenvalue weighted by Crippen LogP contribution is -2.35. The number of aryl methyl sites for hydroxylation is 1. The number of anilines is 1. The standard InChI is InChI=1S/C26H24N6O2/c1-18-8-2-3-9-19(18)23-28-29-24-20-10-4-5-11-21(20)27-26(32(23)24)31-14-7-13-30(15-16-31)25(33)22-12-6-17-34-22/h2-6,8-12,17H,7,13-16H2,1H3. The lowest BCUT2D eigenvalue weighted by atomic mass is 10.1. The van der Waals surface area contributed by atoms with E-state index >= 15 is 0 Å². The average Bonchev–Trinajstić information content (AvgIpc) is 3.49. The van der Waals surface area contributed by atoms with Gasteiger partial charge in [-0.1, -0.05) is 36.4 Å². The Bertz CT molecular complexity index is 1490. The molecule has 6 rings (SSSR count). The molecule has 0 radical (unpaired) electrons. The van der Waals surface area contributed by atoms with Gasteiger partial charge >= 0.3 is 0 Å². The molecule has 0 saturated carbocycles. The molecule has 0 spiro atoms. The third-order valence-electron chi connectivity index (χ3n) is 6.41. The minimum atomic E-state index is -0.0756. The third kappa shape index (κ3) is 3.39. The lowest BCUT2D eigenvalue weighted by Gasteiger charge is -2.24. The van der Waals surface area contributed by atoms with Gasteiger partial charge in [-0.2, -0.15) is 0 Å². The highest BCUT2D eigenvalue weighted by molar-refractivity contribution is 5.93. The summed E-state index contributed by atoms with van der Waals surface area (Å²) in [5, 5.41) is 10.2. The number of amides is 1. The molecular formula is C26H24N6O2. The van der Waals surface area contributed by atoms with Crippen LogP contribution >= 0.6 is 0 Å². The van der Waals surface area contributed by atoms with Gasteiger partial charge in [0.25, 0.3) is 5.91 Å². The van der Waals surface area contributed by atoms with Gasteiger partial charge in [0, 0.05) is 37.1 Å². The second-order valence-electron chi connectivity index (χ2n) is 8.54. The average molecular weight is 453 g/mol. The predicted octanol–water partition coefficient (Wildman–Crippen LogP) is 4.20. The van der Waals surface area contributed by atoms with Crippen LogP contribution < -0.4 is 4.90 Å². The Hall–Kier alpha value is -4.20. The van der Waals surface area contributed by atoms with Crippen LogP contribution in [0.4, 0.5) is 5.95 Å². The summed E-state index contributed by atoms with van der Waals surface area (Å²) in [5.74, 6) is 1.87. The number of hydrogen-bond donors (Lipinski definition) is 0. The summed E-state index contributed by atoms with van der Waals surface area (Å²) in [7, 11) is 0.